The van der Waals surface area contributed by atoms with Crippen LogP contribution in [-0.2, 0) is 6.54 Å². The minimum atomic E-state index is -0.287. The number of halogens is 1. The van der Waals surface area contributed by atoms with Gasteiger partial charge in [0, 0.05) is 37.1 Å². The maximum atomic E-state index is 12.7. The lowest BCUT2D eigenvalue weighted by Crippen LogP contribution is -2.33. The summed E-state index contributed by atoms with van der Waals surface area (Å²) in [6.45, 7) is 5.76. The second kappa shape index (κ2) is 9.92. The molecule has 5 nitrogen and oxygen atoms in total. The van der Waals surface area contributed by atoms with Gasteiger partial charge in [0.1, 0.15) is 0 Å². The van der Waals surface area contributed by atoms with Crippen LogP contribution in [0.25, 0.3) is 0 Å². The van der Waals surface area contributed by atoms with E-state index in [1.54, 1.807) is 17.0 Å². The summed E-state index contributed by atoms with van der Waals surface area (Å²) in [6, 6.07) is 8.93. The van der Waals surface area contributed by atoms with Gasteiger partial charge in [-0.15, -0.1) is 0 Å². The zero-order valence-electron chi connectivity index (χ0n) is 15.2. The van der Waals surface area contributed by atoms with E-state index < -0.39 is 0 Å². The molecule has 1 N–H and O–H groups in total. The van der Waals surface area contributed by atoms with Crippen molar-refractivity contribution in [2.24, 2.45) is 0 Å². The van der Waals surface area contributed by atoms with Gasteiger partial charge in [-0.05, 0) is 30.5 Å². The normalized spacial score (nSPS) is 10.4. The number of aromatic nitrogens is 1. The zero-order chi connectivity index (χ0) is 18.9. The quantitative estimate of drug-likeness (QED) is 0.762. The SMILES string of the molecule is CCCN(CCC)C(=O)c1cncc(C(=O)NCc2ccccc2Cl)c1. The number of nitrogens with one attached hydrogen (secondary N) is 1. The molecule has 0 aliphatic carbocycles. The molecule has 26 heavy (non-hydrogen) atoms. The van der Waals surface area contributed by atoms with Crippen molar-refractivity contribution < 1.29 is 9.59 Å². The molecule has 0 spiro atoms. The van der Waals surface area contributed by atoms with E-state index in [0.717, 1.165) is 18.4 Å². The topological polar surface area (TPSA) is 62.3 Å². The molecule has 1 aromatic carbocycles. The maximum Gasteiger partial charge on any atom is 0.255 e. The van der Waals surface area contributed by atoms with Crippen molar-refractivity contribution in [3.63, 3.8) is 0 Å². The molecule has 6 heteroatoms. The van der Waals surface area contributed by atoms with Crippen molar-refractivity contribution in [3.05, 3.63) is 64.4 Å². The Morgan fingerprint density at radius 3 is 2.38 bits per heavy atom. The average Bonchev–Trinajstić information content (AvgIpc) is 2.66. The van der Waals surface area contributed by atoms with Crippen molar-refractivity contribution >= 4 is 23.4 Å². The zero-order valence-corrected chi connectivity index (χ0v) is 15.9. The lowest BCUT2D eigenvalue weighted by atomic mass is 10.1. The Hall–Kier alpha value is -2.40. The first kappa shape index (κ1) is 19.9. The predicted octanol–water partition coefficient (Wildman–Crippen LogP) is 3.93. The van der Waals surface area contributed by atoms with Crippen molar-refractivity contribution in [1.82, 2.24) is 15.2 Å². The number of amides is 2. The van der Waals surface area contributed by atoms with E-state index in [1.165, 1.54) is 12.4 Å². The Morgan fingerprint density at radius 1 is 1.08 bits per heavy atom. The summed E-state index contributed by atoms with van der Waals surface area (Å²) in [4.78, 5) is 30.9. The van der Waals surface area contributed by atoms with E-state index in [1.807, 2.05) is 32.0 Å². The summed E-state index contributed by atoms with van der Waals surface area (Å²) in [5, 5.41) is 3.41. The molecular formula is C20H24ClN3O2. The summed E-state index contributed by atoms with van der Waals surface area (Å²) in [5.74, 6) is -0.383. The molecule has 138 valence electrons. The standard InChI is InChI=1S/C20H24ClN3O2/c1-3-9-24(10-4-2)20(26)17-11-16(12-22-13-17)19(25)23-14-15-7-5-6-8-18(15)21/h5-8,11-13H,3-4,9-10,14H2,1-2H3,(H,23,25). The third kappa shape index (κ3) is 5.30. The molecule has 1 aromatic heterocycles. The molecule has 0 aliphatic heterocycles. The van der Waals surface area contributed by atoms with Gasteiger partial charge < -0.3 is 10.2 Å². The largest absolute Gasteiger partial charge is 0.348 e. The first-order valence-electron chi connectivity index (χ1n) is 8.82. The maximum absolute atomic E-state index is 12.7. The van der Waals surface area contributed by atoms with Gasteiger partial charge in [-0.3, -0.25) is 14.6 Å². The van der Waals surface area contributed by atoms with Crippen LogP contribution in [0.4, 0.5) is 0 Å². The number of nitrogens with zero attached hydrogens (tertiary/aromatic N) is 2. The van der Waals surface area contributed by atoms with Crippen molar-refractivity contribution in [2.45, 2.75) is 33.2 Å². The molecule has 0 radical (unpaired) electrons. The number of hydrogen-bond donors (Lipinski definition) is 1. The monoisotopic (exact) mass is 373 g/mol. The highest BCUT2D eigenvalue weighted by molar-refractivity contribution is 6.31. The molecule has 2 rings (SSSR count). The van der Waals surface area contributed by atoms with Crippen LogP contribution in [0.15, 0.2) is 42.7 Å². The molecule has 0 unspecified atom stereocenters. The van der Waals surface area contributed by atoms with Crippen molar-refractivity contribution in [1.29, 1.82) is 0 Å². The van der Waals surface area contributed by atoms with E-state index in [4.69, 9.17) is 11.6 Å². The molecule has 0 aliphatic rings. The second-order valence-corrected chi connectivity index (χ2v) is 6.44. The number of carbonyl (C=O) groups is 2. The Labute approximate surface area is 159 Å². The highest BCUT2D eigenvalue weighted by Gasteiger charge is 2.16. The van der Waals surface area contributed by atoms with Gasteiger partial charge in [0.15, 0.2) is 0 Å². The smallest absolute Gasteiger partial charge is 0.255 e. The van der Waals surface area contributed by atoms with Gasteiger partial charge in [-0.2, -0.15) is 0 Å². The van der Waals surface area contributed by atoms with Crippen LogP contribution < -0.4 is 5.32 Å². The van der Waals surface area contributed by atoms with Gasteiger partial charge in [-0.25, -0.2) is 0 Å². The van der Waals surface area contributed by atoms with Crippen molar-refractivity contribution in [3.8, 4) is 0 Å². The summed E-state index contributed by atoms with van der Waals surface area (Å²) in [7, 11) is 0. The van der Waals surface area contributed by atoms with Gasteiger partial charge >= 0.3 is 0 Å². The minimum absolute atomic E-state index is 0.0954. The molecule has 0 bridgehead atoms. The predicted molar refractivity (Wildman–Crippen MR) is 103 cm³/mol. The van der Waals surface area contributed by atoms with E-state index >= 15 is 0 Å². The van der Waals surface area contributed by atoms with E-state index in [-0.39, 0.29) is 11.8 Å². The Balaban J connectivity index is 2.08. The van der Waals surface area contributed by atoms with Gasteiger partial charge in [0.2, 0.25) is 0 Å². The van der Waals surface area contributed by atoms with Crippen LogP contribution in [0.5, 0.6) is 0 Å². The highest BCUT2D eigenvalue weighted by atomic mass is 35.5. The van der Waals surface area contributed by atoms with Gasteiger partial charge in [-0.1, -0.05) is 43.6 Å². The number of pyridine rings is 1. The summed E-state index contributed by atoms with van der Waals surface area (Å²) in [5.41, 5.74) is 1.62. The Morgan fingerprint density at radius 2 is 1.73 bits per heavy atom. The van der Waals surface area contributed by atoms with E-state index in [0.29, 0.717) is 35.8 Å². The lowest BCUT2D eigenvalue weighted by molar-refractivity contribution is 0.0755. The molecule has 0 saturated carbocycles. The number of hydrogen-bond acceptors (Lipinski definition) is 3. The minimum Gasteiger partial charge on any atom is -0.348 e. The molecule has 2 aromatic rings. The van der Waals surface area contributed by atoms with Gasteiger partial charge in [0.05, 0.1) is 11.1 Å². The number of rotatable bonds is 8. The van der Waals surface area contributed by atoms with Crippen molar-refractivity contribution in [2.75, 3.05) is 13.1 Å². The van der Waals surface area contributed by atoms with Gasteiger partial charge in [0.25, 0.3) is 11.8 Å². The fourth-order valence-electron chi connectivity index (χ4n) is 2.64. The van der Waals surface area contributed by atoms with E-state index in [2.05, 4.69) is 10.3 Å². The van der Waals surface area contributed by atoms with Crippen LogP contribution in [0.1, 0.15) is 53.0 Å². The molecule has 0 fully saturated rings. The first-order chi connectivity index (χ1) is 12.6. The lowest BCUT2D eigenvalue weighted by Gasteiger charge is -2.21. The number of benzene rings is 1. The third-order valence-electron chi connectivity index (χ3n) is 3.92. The molecule has 2 amide bonds. The van der Waals surface area contributed by atoms with E-state index in [9.17, 15) is 9.59 Å². The van der Waals surface area contributed by atoms with Crippen LogP contribution in [0.3, 0.4) is 0 Å². The summed E-state index contributed by atoms with van der Waals surface area (Å²) >= 11 is 6.10. The second-order valence-electron chi connectivity index (χ2n) is 6.03. The Bertz CT molecular complexity index is 758. The summed E-state index contributed by atoms with van der Waals surface area (Å²) < 4.78 is 0. The molecule has 0 atom stereocenters. The molecule has 1 heterocycles. The summed E-state index contributed by atoms with van der Waals surface area (Å²) in [6.07, 6.45) is 4.74. The molecule has 0 saturated heterocycles. The Kier molecular flexibility index (Phi) is 7.60. The van der Waals surface area contributed by atoms with Crippen LogP contribution >= 0.6 is 11.6 Å². The first-order valence-corrected chi connectivity index (χ1v) is 9.20. The van der Waals surface area contributed by atoms with Crippen LogP contribution in [0.2, 0.25) is 5.02 Å². The fraction of sp³-hybridized carbons (Fsp3) is 0.350. The highest BCUT2D eigenvalue weighted by Crippen LogP contribution is 2.15. The fourth-order valence-corrected chi connectivity index (χ4v) is 2.84. The van der Waals surface area contributed by atoms with Crippen LogP contribution in [0, 0.1) is 0 Å². The molecular weight excluding hydrogens is 350 g/mol. The third-order valence-corrected chi connectivity index (χ3v) is 4.29. The average molecular weight is 374 g/mol. The van der Waals surface area contributed by atoms with Crippen LogP contribution in [-0.4, -0.2) is 34.8 Å². The number of carbonyl (C=O) groups excluding carboxylic acids is 2.